The minimum atomic E-state index is -0.938. The molecule has 7 heteroatoms. The highest BCUT2D eigenvalue weighted by atomic mass is 79.9. The highest BCUT2D eigenvalue weighted by Gasteiger charge is 2.39. The second-order valence-corrected chi connectivity index (χ2v) is 8.10. The molecule has 0 radical (unpaired) electrons. The molecule has 0 aromatic heterocycles. The van der Waals surface area contributed by atoms with Crippen molar-refractivity contribution in [2.24, 2.45) is 5.41 Å². The first-order valence-electron chi connectivity index (χ1n) is 8.00. The van der Waals surface area contributed by atoms with Gasteiger partial charge in [0.15, 0.2) is 0 Å². The van der Waals surface area contributed by atoms with Crippen molar-refractivity contribution < 1.29 is 24.2 Å². The minimum absolute atomic E-state index is 0.186. The molecule has 0 bridgehead atoms. The monoisotopic (exact) mass is 409 g/mol. The topological polar surface area (TPSA) is 76.1 Å². The van der Waals surface area contributed by atoms with Gasteiger partial charge >= 0.3 is 12.1 Å². The number of benzene rings is 1. The average molecular weight is 410 g/mol. The number of hydrogen-bond donors (Lipinski definition) is 1. The van der Waals surface area contributed by atoms with Crippen LogP contribution < -0.4 is 4.74 Å². The summed E-state index contributed by atoms with van der Waals surface area (Å²) in [6.45, 7) is 6.83. The van der Waals surface area contributed by atoms with Crippen LogP contribution in [0.25, 0.3) is 0 Å². The Morgan fingerprint density at radius 2 is 2.16 bits per heavy atom. The Kier molecular flexibility index (Phi) is 4.53. The largest absolute Gasteiger partial charge is 0.488 e. The van der Waals surface area contributed by atoms with Crippen molar-refractivity contribution >= 4 is 28.0 Å². The number of halogens is 1. The molecule has 1 N–H and O–H groups in total. The van der Waals surface area contributed by atoms with Crippen LogP contribution in [0.1, 0.15) is 36.7 Å². The lowest BCUT2D eigenvalue weighted by molar-refractivity contribution is 0.0534. The van der Waals surface area contributed by atoms with E-state index in [1.807, 2.05) is 26.8 Å². The third-order valence-electron chi connectivity index (χ3n) is 4.44. The maximum absolute atomic E-state index is 11.7. The van der Waals surface area contributed by atoms with Gasteiger partial charge in [0.05, 0.1) is 16.1 Å². The van der Waals surface area contributed by atoms with Gasteiger partial charge < -0.3 is 14.6 Å². The van der Waals surface area contributed by atoms with Crippen molar-refractivity contribution in [1.29, 1.82) is 0 Å². The number of fused-ring (bicyclic) bond motifs is 1. The van der Waals surface area contributed by atoms with Crippen molar-refractivity contribution in [1.82, 2.24) is 4.90 Å². The lowest BCUT2D eigenvalue weighted by Crippen LogP contribution is -2.45. The Bertz CT molecular complexity index is 765. The molecule has 1 atom stereocenters. The van der Waals surface area contributed by atoms with E-state index in [1.54, 1.807) is 12.1 Å². The molecule has 0 saturated carbocycles. The predicted octanol–water partition coefficient (Wildman–Crippen LogP) is 3.83. The second-order valence-electron chi connectivity index (χ2n) is 7.25. The summed E-state index contributed by atoms with van der Waals surface area (Å²) < 4.78 is 11.8. The lowest BCUT2D eigenvalue weighted by Gasteiger charge is -2.35. The third-order valence-corrected chi connectivity index (χ3v) is 5.07. The normalized spacial score (nSPS) is 19.5. The molecule has 0 aliphatic carbocycles. The van der Waals surface area contributed by atoms with Gasteiger partial charge in [0.25, 0.3) is 0 Å². The number of rotatable bonds is 3. The summed E-state index contributed by atoms with van der Waals surface area (Å²) in [7, 11) is 0. The van der Waals surface area contributed by atoms with Crippen molar-refractivity contribution in [2.45, 2.75) is 33.4 Å². The summed E-state index contributed by atoms with van der Waals surface area (Å²) in [6, 6.07) is 3.22. The zero-order valence-electron chi connectivity index (χ0n) is 14.3. The van der Waals surface area contributed by atoms with E-state index >= 15 is 0 Å². The molecule has 0 fully saturated rings. The number of ether oxygens (including phenoxy) is 2. The fraction of sp³-hybridized carbons (Fsp3) is 0.444. The van der Waals surface area contributed by atoms with Crippen LogP contribution in [0.2, 0.25) is 0 Å². The zero-order valence-corrected chi connectivity index (χ0v) is 15.9. The van der Waals surface area contributed by atoms with Crippen LogP contribution in [0, 0.1) is 5.41 Å². The minimum Gasteiger partial charge on any atom is -0.488 e. The van der Waals surface area contributed by atoms with Gasteiger partial charge in [-0.1, -0.05) is 26.8 Å². The van der Waals surface area contributed by atoms with Gasteiger partial charge in [-0.25, -0.2) is 9.59 Å². The number of cyclic esters (lactones) is 1. The van der Waals surface area contributed by atoms with Crippen molar-refractivity contribution in [3.63, 3.8) is 0 Å². The number of carbonyl (C=O) groups is 2. The quantitative estimate of drug-likeness (QED) is 0.606. The Morgan fingerprint density at radius 3 is 2.80 bits per heavy atom. The van der Waals surface area contributed by atoms with Crippen LogP contribution in [0.15, 0.2) is 28.3 Å². The van der Waals surface area contributed by atoms with E-state index in [-0.39, 0.29) is 30.6 Å². The first-order chi connectivity index (χ1) is 11.7. The van der Waals surface area contributed by atoms with Crippen LogP contribution in [0.3, 0.4) is 0 Å². The summed E-state index contributed by atoms with van der Waals surface area (Å²) in [5.41, 5.74) is 1.90. The van der Waals surface area contributed by atoms with Crippen molar-refractivity contribution in [3.05, 3.63) is 39.4 Å². The van der Waals surface area contributed by atoms with Crippen molar-refractivity contribution in [2.75, 3.05) is 13.2 Å². The summed E-state index contributed by atoms with van der Waals surface area (Å²) in [6.07, 6.45) is 0.968. The van der Waals surface area contributed by atoms with E-state index in [4.69, 9.17) is 9.47 Å². The number of carbonyl (C=O) groups excluding carboxylic acids is 1. The van der Waals surface area contributed by atoms with E-state index in [0.717, 1.165) is 15.6 Å². The molecule has 2 aliphatic rings. The molecule has 2 heterocycles. The Morgan fingerprint density at radius 1 is 1.44 bits per heavy atom. The fourth-order valence-electron chi connectivity index (χ4n) is 3.44. The highest BCUT2D eigenvalue weighted by Crippen LogP contribution is 2.38. The molecule has 1 unspecified atom stereocenters. The molecule has 25 heavy (non-hydrogen) atoms. The molecule has 0 saturated heterocycles. The second kappa shape index (κ2) is 6.37. The Balaban J connectivity index is 1.83. The standard InChI is InChI=1S/C18H20BrNO5/c1-18(2,3)15-10(6-7-20(15)17(22)23)8-24-14-12-9-25-16(21)11(12)4-5-13(14)19/h4-6,15H,7-9H2,1-3H3,(H,22,23). The van der Waals surface area contributed by atoms with Crippen LogP contribution in [-0.4, -0.2) is 41.3 Å². The summed E-state index contributed by atoms with van der Waals surface area (Å²) in [4.78, 5) is 24.7. The summed E-state index contributed by atoms with van der Waals surface area (Å²) >= 11 is 3.45. The van der Waals surface area contributed by atoms with Gasteiger partial charge in [-0.3, -0.25) is 4.90 Å². The van der Waals surface area contributed by atoms with Gasteiger partial charge in [0.2, 0.25) is 0 Å². The SMILES string of the molecule is CC(C)(C)C1C(COc2c(Br)ccc3c2COC3=O)=CCN1C(=O)O. The smallest absolute Gasteiger partial charge is 0.408 e. The molecule has 1 amide bonds. The molecule has 3 rings (SSSR count). The molecule has 1 aromatic carbocycles. The van der Waals surface area contributed by atoms with Crippen molar-refractivity contribution in [3.8, 4) is 5.75 Å². The van der Waals surface area contributed by atoms with Gasteiger partial charge in [-0.15, -0.1) is 0 Å². The van der Waals surface area contributed by atoms with Crippen LogP contribution in [0.4, 0.5) is 4.79 Å². The molecule has 134 valence electrons. The predicted molar refractivity (Wildman–Crippen MR) is 94.8 cm³/mol. The Hall–Kier alpha value is -2.02. The molecule has 1 aromatic rings. The van der Waals surface area contributed by atoms with E-state index in [0.29, 0.717) is 17.9 Å². The molecule has 0 spiro atoms. The van der Waals surface area contributed by atoms with E-state index in [1.165, 1.54) is 4.90 Å². The fourth-order valence-corrected chi connectivity index (χ4v) is 3.93. The Labute approximate surface area is 154 Å². The highest BCUT2D eigenvalue weighted by molar-refractivity contribution is 9.10. The van der Waals surface area contributed by atoms with E-state index in [2.05, 4.69) is 15.9 Å². The number of hydrogen-bond acceptors (Lipinski definition) is 4. The average Bonchev–Trinajstić information content (AvgIpc) is 3.10. The first-order valence-corrected chi connectivity index (χ1v) is 8.79. The van der Waals surface area contributed by atoms with Crippen LogP contribution in [-0.2, 0) is 11.3 Å². The van der Waals surface area contributed by atoms with Gasteiger partial charge in [-0.2, -0.15) is 0 Å². The molecule has 2 aliphatic heterocycles. The first kappa shape index (κ1) is 17.8. The van der Waals surface area contributed by atoms with Gasteiger partial charge in [0, 0.05) is 12.1 Å². The number of carboxylic acid groups (broad SMARTS) is 1. The lowest BCUT2D eigenvalue weighted by atomic mass is 9.83. The van der Waals surface area contributed by atoms with E-state index in [9.17, 15) is 14.7 Å². The summed E-state index contributed by atoms with van der Waals surface area (Å²) in [5.74, 6) is 0.225. The van der Waals surface area contributed by atoms with Crippen LogP contribution >= 0.6 is 15.9 Å². The number of nitrogens with zero attached hydrogens (tertiary/aromatic N) is 1. The van der Waals surface area contributed by atoms with Gasteiger partial charge in [0.1, 0.15) is 19.0 Å². The zero-order chi connectivity index (χ0) is 18.4. The molecule has 6 nitrogen and oxygen atoms in total. The van der Waals surface area contributed by atoms with E-state index < -0.39 is 6.09 Å². The number of amides is 1. The summed E-state index contributed by atoms with van der Waals surface area (Å²) in [5, 5.41) is 9.44. The molecular weight excluding hydrogens is 390 g/mol. The van der Waals surface area contributed by atoms with Crippen LogP contribution in [0.5, 0.6) is 5.75 Å². The van der Waals surface area contributed by atoms with Gasteiger partial charge in [-0.05, 0) is 39.1 Å². The molecular formula is C18H20BrNO5. The maximum Gasteiger partial charge on any atom is 0.408 e. The number of esters is 1. The maximum atomic E-state index is 11.7. The third kappa shape index (κ3) is 3.25.